The highest BCUT2D eigenvalue weighted by Crippen LogP contribution is 2.45. The molecule has 0 bridgehead atoms. The van der Waals surface area contributed by atoms with E-state index in [4.69, 9.17) is 4.74 Å². The van der Waals surface area contributed by atoms with Gasteiger partial charge >= 0.3 is 0 Å². The van der Waals surface area contributed by atoms with Gasteiger partial charge in [0.1, 0.15) is 0 Å². The van der Waals surface area contributed by atoms with Gasteiger partial charge in [-0.1, -0.05) is 36.4 Å². The van der Waals surface area contributed by atoms with Crippen LogP contribution in [-0.2, 0) is 17.8 Å². The molecule has 2 saturated heterocycles. The minimum absolute atomic E-state index is 0.0144. The second-order valence-corrected chi connectivity index (χ2v) is 9.76. The molecule has 6 heteroatoms. The molecule has 2 aliphatic rings. The van der Waals surface area contributed by atoms with Crippen LogP contribution in [0.5, 0.6) is 0 Å². The molecule has 4 rings (SSSR count). The summed E-state index contributed by atoms with van der Waals surface area (Å²) in [5, 5.41) is 3.09. The SMILES string of the molecule is O=C(NCc1ccccc1CN1CCOCC1)c1ccc(C2SCCS2)cc1. The first-order valence-corrected chi connectivity index (χ1v) is 11.9. The van der Waals surface area contributed by atoms with Crippen molar-refractivity contribution in [2.75, 3.05) is 37.8 Å². The number of amides is 1. The average Bonchev–Trinajstić information content (AvgIpc) is 3.29. The number of hydrogen-bond acceptors (Lipinski definition) is 5. The summed E-state index contributed by atoms with van der Waals surface area (Å²) < 4.78 is 5.95. The van der Waals surface area contributed by atoms with Crippen LogP contribution in [0.15, 0.2) is 48.5 Å². The van der Waals surface area contributed by atoms with Gasteiger partial charge in [-0.25, -0.2) is 0 Å². The molecule has 0 aliphatic carbocycles. The molecule has 2 heterocycles. The maximum absolute atomic E-state index is 12.6. The van der Waals surface area contributed by atoms with Crippen molar-refractivity contribution < 1.29 is 9.53 Å². The number of rotatable bonds is 6. The molecular formula is C22H26N2O2S2. The zero-order chi connectivity index (χ0) is 19.2. The van der Waals surface area contributed by atoms with Crippen molar-refractivity contribution in [2.45, 2.75) is 17.7 Å². The Morgan fingerprint density at radius 3 is 2.39 bits per heavy atom. The van der Waals surface area contributed by atoms with Crippen molar-refractivity contribution in [2.24, 2.45) is 0 Å². The number of thioether (sulfide) groups is 2. The van der Waals surface area contributed by atoms with Crippen molar-refractivity contribution in [3.63, 3.8) is 0 Å². The van der Waals surface area contributed by atoms with Gasteiger partial charge < -0.3 is 10.1 Å². The molecule has 0 unspecified atom stereocenters. The van der Waals surface area contributed by atoms with E-state index in [-0.39, 0.29) is 5.91 Å². The minimum Gasteiger partial charge on any atom is -0.379 e. The zero-order valence-corrected chi connectivity index (χ0v) is 17.6. The Morgan fingerprint density at radius 1 is 1.00 bits per heavy atom. The van der Waals surface area contributed by atoms with Crippen LogP contribution in [0.25, 0.3) is 0 Å². The van der Waals surface area contributed by atoms with Gasteiger partial charge in [-0.05, 0) is 28.8 Å². The highest BCUT2D eigenvalue weighted by atomic mass is 32.2. The number of carbonyl (C=O) groups excluding carboxylic acids is 1. The predicted molar refractivity (Wildman–Crippen MR) is 118 cm³/mol. The van der Waals surface area contributed by atoms with Crippen molar-refractivity contribution in [1.29, 1.82) is 0 Å². The molecule has 2 aromatic rings. The molecule has 2 aliphatic heterocycles. The van der Waals surface area contributed by atoms with Crippen molar-refractivity contribution in [1.82, 2.24) is 10.2 Å². The summed E-state index contributed by atoms with van der Waals surface area (Å²) in [6, 6.07) is 16.5. The lowest BCUT2D eigenvalue weighted by atomic mass is 10.1. The summed E-state index contributed by atoms with van der Waals surface area (Å²) in [6.45, 7) is 4.98. The Morgan fingerprint density at radius 2 is 1.68 bits per heavy atom. The third-order valence-corrected chi connectivity index (χ3v) is 8.23. The fourth-order valence-corrected chi connectivity index (χ4v) is 6.36. The Hall–Kier alpha value is -1.47. The first kappa shape index (κ1) is 19.8. The molecule has 2 aromatic carbocycles. The van der Waals surface area contributed by atoms with Crippen molar-refractivity contribution in [3.8, 4) is 0 Å². The highest BCUT2D eigenvalue weighted by Gasteiger charge is 2.18. The fraction of sp³-hybridized carbons (Fsp3) is 0.409. The molecule has 4 nitrogen and oxygen atoms in total. The summed E-state index contributed by atoms with van der Waals surface area (Å²) >= 11 is 3.97. The van der Waals surface area contributed by atoms with Crippen LogP contribution in [0.3, 0.4) is 0 Å². The van der Waals surface area contributed by atoms with E-state index < -0.39 is 0 Å². The van der Waals surface area contributed by atoms with Crippen LogP contribution in [0, 0.1) is 0 Å². The Kier molecular flexibility index (Phi) is 6.96. The van der Waals surface area contributed by atoms with Crippen molar-refractivity contribution >= 4 is 29.4 Å². The first-order chi connectivity index (χ1) is 13.8. The summed E-state index contributed by atoms with van der Waals surface area (Å²) in [7, 11) is 0. The summed E-state index contributed by atoms with van der Waals surface area (Å²) in [4.78, 5) is 15.0. The maximum atomic E-state index is 12.6. The van der Waals surface area contributed by atoms with E-state index >= 15 is 0 Å². The van der Waals surface area contributed by atoms with Gasteiger partial charge in [-0.2, -0.15) is 0 Å². The molecule has 28 heavy (non-hydrogen) atoms. The maximum Gasteiger partial charge on any atom is 0.251 e. The van der Waals surface area contributed by atoms with Gasteiger partial charge in [0.05, 0.1) is 17.8 Å². The lowest BCUT2D eigenvalue weighted by Crippen LogP contribution is -2.36. The van der Waals surface area contributed by atoms with E-state index in [1.807, 2.05) is 41.7 Å². The third kappa shape index (κ3) is 5.11. The average molecular weight is 415 g/mol. The molecule has 0 aromatic heterocycles. The van der Waals surface area contributed by atoms with E-state index in [9.17, 15) is 4.79 Å². The predicted octanol–water partition coefficient (Wildman–Crippen LogP) is 3.93. The Bertz CT molecular complexity index is 785. The number of nitrogens with zero attached hydrogens (tertiary/aromatic N) is 1. The topological polar surface area (TPSA) is 41.6 Å². The second kappa shape index (κ2) is 9.83. The lowest BCUT2D eigenvalue weighted by molar-refractivity contribution is 0.0340. The standard InChI is InChI=1S/C22H26N2O2S2/c25-21(17-5-7-18(8-6-17)22-27-13-14-28-22)23-15-19-3-1-2-4-20(19)16-24-9-11-26-12-10-24/h1-8,22H,9-16H2,(H,23,25). The second-order valence-electron chi connectivity index (χ2n) is 7.04. The van der Waals surface area contributed by atoms with Crippen molar-refractivity contribution in [3.05, 3.63) is 70.8 Å². The smallest absolute Gasteiger partial charge is 0.251 e. The fourth-order valence-electron chi connectivity index (χ4n) is 3.50. The van der Waals surface area contributed by atoms with E-state index in [0.717, 1.165) is 38.4 Å². The van der Waals surface area contributed by atoms with Gasteiger partial charge in [0, 0.05) is 43.2 Å². The number of nitrogens with one attached hydrogen (secondary N) is 1. The van der Waals surface area contributed by atoms with Gasteiger partial charge in [-0.15, -0.1) is 23.5 Å². The van der Waals surface area contributed by atoms with Crippen LogP contribution in [-0.4, -0.2) is 48.6 Å². The van der Waals surface area contributed by atoms with Crippen LogP contribution >= 0.6 is 23.5 Å². The van der Waals surface area contributed by atoms with E-state index in [2.05, 4.69) is 40.5 Å². The molecule has 148 valence electrons. The Labute approximate surface area is 175 Å². The number of carbonyl (C=O) groups is 1. The minimum atomic E-state index is -0.0144. The van der Waals surface area contributed by atoms with Gasteiger partial charge in [0.15, 0.2) is 0 Å². The van der Waals surface area contributed by atoms with Gasteiger partial charge in [0.25, 0.3) is 5.91 Å². The molecule has 0 radical (unpaired) electrons. The molecular weight excluding hydrogens is 388 g/mol. The molecule has 1 amide bonds. The van der Waals surface area contributed by atoms with Crippen LogP contribution in [0.2, 0.25) is 0 Å². The monoisotopic (exact) mass is 414 g/mol. The van der Waals surface area contributed by atoms with Crippen LogP contribution in [0.4, 0.5) is 0 Å². The number of hydrogen-bond donors (Lipinski definition) is 1. The number of morpholine rings is 1. The lowest BCUT2D eigenvalue weighted by Gasteiger charge is -2.27. The van der Waals surface area contributed by atoms with Crippen LogP contribution in [0.1, 0.15) is 31.6 Å². The molecule has 0 saturated carbocycles. The molecule has 1 N–H and O–H groups in total. The van der Waals surface area contributed by atoms with Gasteiger partial charge in [0.2, 0.25) is 0 Å². The van der Waals surface area contributed by atoms with Crippen LogP contribution < -0.4 is 5.32 Å². The first-order valence-electron chi connectivity index (χ1n) is 9.78. The summed E-state index contributed by atoms with van der Waals surface area (Å²) in [6.07, 6.45) is 0. The Balaban J connectivity index is 1.35. The van der Waals surface area contributed by atoms with E-state index in [1.54, 1.807) is 0 Å². The third-order valence-electron chi connectivity index (χ3n) is 5.12. The molecule has 0 atom stereocenters. The van der Waals surface area contributed by atoms with Gasteiger partial charge in [-0.3, -0.25) is 9.69 Å². The summed E-state index contributed by atoms with van der Waals surface area (Å²) in [5.74, 6) is 2.41. The summed E-state index contributed by atoms with van der Waals surface area (Å²) in [5.41, 5.74) is 4.48. The highest BCUT2D eigenvalue weighted by molar-refractivity contribution is 8.19. The van der Waals surface area contributed by atoms with E-state index in [0.29, 0.717) is 11.1 Å². The molecule has 2 fully saturated rings. The quantitative estimate of drug-likeness (QED) is 0.776. The molecule has 0 spiro atoms. The zero-order valence-electron chi connectivity index (χ0n) is 15.9. The normalized spacial score (nSPS) is 18.3. The van der Waals surface area contributed by atoms with E-state index in [1.165, 1.54) is 28.2 Å². The number of ether oxygens (including phenoxy) is 1. The largest absolute Gasteiger partial charge is 0.379 e. The number of benzene rings is 2.